The van der Waals surface area contributed by atoms with Gasteiger partial charge in [0.05, 0.1) is 0 Å². The molecule has 1 rings (SSSR count). The van der Waals surface area contributed by atoms with Crippen LogP contribution in [0.5, 0.6) is 0 Å². The van der Waals surface area contributed by atoms with E-state index in [0.29, 0.717) is 0 Å². The maximum absolute atomic E-state index is 3.05. The molecule has 1 aliphatic carbocycles. The van der Waals surface area contributed by atoms with E-state index in [0.717, 1.165) is 12.8 Å². The highest BCUT2D eigenvalue weighted by Crippen LogP contribution is 1.94. The van der Waals surface area contributed by atoms with Gasteiger partial charge in [0, 0.05) is 0 Å². The van der Waals surface area contributed by atoms with Gasteiger partial charge in [-0.1, -0.05) is 54.7 Å². The molecule has 0 spiro atoms. The average molecular weight is 157 g/mol. The van der Waals surface area contributed by atoms with Gasteiger partial charge in [0.2, 0.25) is 0 Å². The van der Waals surface area contributed by atoms with Crippen molar-refractivity contribution in [1.29, 1.82) is 0 Å². The van der Waals surface area contributed by atoms with Crippen molar-refractivity contribution in [2.24, 2.45) is 0 Å². The normalized spacial score (nSPS) is 30.7. The lowest BCUT2D eigenvalue weighted by Crippen LogP contribution is -1.64. The standard InChI is InChI=1S/C12H13/c1-2-4-6-8-10-12-11-9-7-5-3-1/h1-7,11-12H,8,10H2/b2-1+,5-3-,6-4-,9-7?,12-11-. The second-order valence-electron chi connectivity index (χ2n) is 2.51. The highest BCUT2D eigenvalue weighted by molar-refractivity contribution is 5.16. The number of hydrogen-bond donors (Lipinski definition) is 0. The van der Waals surface area contributed by atoms with Gasteiger partial charge in [0.1, 0.15) is 0 Å². The second-order valence-corrected chi connectivity index (χ2v) is 2.51. The lowest BCUT2D eigenvalue weighted by atomic mass is 10.2. The molecule has 0 unspecified atom stereocenters. The van der Waals surface area contributed by atoms with Crippen LogP contribution in [-0.4, -0.2) is 0 Å². The molecule has 0 aromatic rings. The predicted octanol–water partition coefficient (Wildman–Crippen LogP) is 3.36. The summed E-state index contributed by atoms with van der Waals surface area (Å²) in [4.78, 5) is 0. The molecule has 12 heavy (non-hydrogen) atoms. The van der Waals surface area contributed by atoms with E-state index in [2.05, 4.69) is 24.3 Å². The fraction of sp³-hybridized carbons (Fsp3) is 0.167. The van der Waals surface area contributed by atoms with Crippen molar-refractivity contribution in [2.75, 3.05) is 0 Å². The van der Waals surface area contributed by atoms with E-state index < -0.39 is 0 Å². The zero-order valence-corrected chi connectivity index (χ0v) is 7.11. The fourth-order valence-corrected chi connectivity index (χ4v) is 0.878. The maximum atomic E-state index is 3.05. The Morgan fingerprint density at radius 1 is 0.750 bits per heavy atom. The van der Waals surface area contributed by atoms with Crippen molar-refractivity contribution in [3.8, 4) is 0 Å². The van der Waals surface area contributed by atoms with Gasteiger partial charge in [0.15, 0.2) is 0 Å². The van der Waals surface area contributed by atoms with Gasteiger partial charge in [-0.2, -0.15) is 0 Å². The van der Waals surface area contributed by atoms with Gasteiger partial charge >= 0.3 is 0 Å². The van der Waals surface area contributed by atoms with E-state index in [1.807, 2.05) is 36.5 Å². The minimum absolute atomic E-state index is 1.09. The van der Waals surface area contributed by atoms with E-state index in [1.165, 1.54) is 0 Å². The Bertz CT molecular complexity index is 211. The Kier molecular flexibility index (Phi) is 4.70. The smallest absolute Gasteiger partial charge is 0.0187 e. The molecule has 0 saturated heterocycles. The molecule has 0 amide bonds. The zero-order valence-electron chi connectivity index (χ0n) is 7.11. The Morgan fingerprint density at radius 2 is 1.50 bits per heavy atom. The van der Waals surface area contributed by atoms with E-state index in [4.69, 9.17) is 0 Å². The summed E-state index contributed by atoms with van der Waals surface area (Å²) in [5.74, 6) is 0. The van der Waals surface area contributed by atoms with Crippen molar-refractivity contribution in [3.63, 3.8) is 0 Å². The first-order valence-corrected chi connectivity index (χ1v) is 4.23. The monoisotopic (exact) mass is 157 g/mol. The molecule has 0 atom stereocenters. The predicted molar refractivity (Wildman–Crippen MR) is 53.6 cm³/mol. The lowest BCUT2D eigenvalue weighted by molar-refractivity contribution is 1.05. The van der Waals surface area contributed by atoms with Crippen LogP contribution >= 0.6 is 0 Å². The largest absolute Gasteiger partial charge is 0.0842 e. The highest BCUT2D eigenvalue weighted by Gasteiger charge is 1.74. The molecule has 0 saturated carbocycles. The minimum Gasteiger partial charge on any atom is -0.0842 e. The van der Waals surface area contributed by atoms with Crippen molar-refractivity contribution in [1.82, 2.24) is 0 Å². The minimum atomic E-state index is 1.09. The van der Waals surface area contributed by atoms with E-state index in [9.17, 15) is 0 Å². The van der Waals surface area contributed by atoms with Gasteiger partial charge in [-0.25, -0.2) is 0 Å². The first-order chi connectivity index (χ1) is 6.00. The maximum Gasteiger partial charge on any atom is -0.0187 e. The molecule has 0 N–H and O–H groups in total. The van der Waals surface area contributed by atoms with E-state index in [1.54, 1.807) is 0 Å². The summed E-state index contributed by atoms with van der Waals surface area (Å²) in [7, 11) is 0. The SMILES string of the molecule is [C]1=C/C=C\C=C\C=C/CC\C=C/1. The van der Waals surface area contributed by atoms with Crippen LogP contribution in [0.4, 0.5) is 0 Å². The summed E-state index contributed by atoms with van der Waals surface area (Å²) in [5, 5.41) is 0. The molecule has 1 aliphatic rings. The Hall–Kier alpha value is -1.30. The number of hydrogen-bond acceptors (Lipinski definition) is 0. The first kappa shape index (κ1) is 8.79. The molecular formula is C12H13. The van der Waals surface area contributed by atoms with Crippen LogP contribution in [0, 0.1) is 6.08 Å². The molecule has 0 aromatic carbocycles. The van der Waals surface area contributed by atoms with Crippen molar-refractivity contribution < 1.29 is 0 Å². The van der Waals surface area contributed by atoms with Crippen LogP contribution in [0.15, 0.2) is 54.7 Å². The third-order valence-electron chi connectivity index (χ3n) is 1.49. The van der Waals surface area contributed by atoms with Gasteiger partial charge in [-0.3, -0.25) is 0 Å². The summed E-state index contributed by atoms with van der Waals surface area (Å²) in [6, 6.07) is 0. The summed E-state index contributed by atoms with van der Waals surface area (Å²) in [5.41, 5.74) is 0. The topological polar surface area (TPSA) is 0 Å². The molecule has 0 aliphatic heterocycles. The average Bonchev–Trinajstić information content (AvgIpc) is 2.05. The van der Waals surface area contributed by atoms with E-state index in [-0.39, 0.29) is 0 Å². The van der Waals surface area contributed by atoms with Crippen molar-refractivity contribution >= 4 is 0 Å². The fourth-order valence-electron chi connectivity index (χ4n) is 0.878. The van der Waals surface area contributed by atoms with Crippen LogP contribution < -0.4 is 0 Å². The summed E-state index contributed by atoms with van der Waals surface area (Å²) < 4.78 is 0. The molecule has 61 valence electrons. The second kappa shape index (κ2) is 6.41. The summed E-state index contributed by atoms with van der Waals surface area (Å²) in [6.45, 7) is 0. The van der Waals surface area contributed by atoms with Gasteiger partial charge in [-0.05, 0) is 18.9 Å². The van der Waals surface area contributed by atoms with Gasteiger partial charge < -0.3 is 0 Å². The molecule has 0 aromatic heterocycles. The molecule has 0 heteroatoms. The lowest BCUT2D eigenvalue weighted by Gasteiger charge is -1.84. The van der Waals surface area contributed by atoms with Crippen LogP contribution in [0.2, 0.25) is 0 Å². The van der Waals surface area contributed by atoms with Crippen LogP contribution in [0.1, 0.15) is 12.8 Å². The van der Waals surface area contributed by atoms with Crippen LogP contribution in [0.25, 0.3) is 0 Å². The molecule has 1 radical (unpaired) electrons. The summed E-state index contributed by atoms with van der Waals surface area (Å²) >= 11 is 0. The third kappa shape index (κ3) is 4.51. The molecular weight excluding hydrogens is 144 g/mol. The molecule has 0 heterocycles. The highest BCUT2D eigenvalue weighted by atomic mass is 13.8. The van der Waals surface area contributed by atoms with Gasteiger partial charge in [-0.15, -0.1) is 0 Å². The Balaban J connectivity index is 2.55. The summed E-state index contributed by atoms with van der Waals surface area (Å²) in [6.07, 6.45) is 23.5. The molecule has 0 nitrogen and oxygen atoms in total. The number of rotatable bonds is 0. The Labute approximate surface area is 74.3 Å². The van der Waals surface area contributed by atoms with Crippen LogP contribution in [-0.2, 0) is 0 Å². The molecule has 0 bridgehead atoms. The Morgan fingerprint density at radius 3 is 2.50 bits per heavy atom. The quantitative estimate of drug-likeness (QED) is 0.505. The zero-order chi connectivity index (χ0) is 8.49. The number of allylic oxidation sites excluding steroid dienone is 10. The van der Waals surface area contributed by atoms with Crippen LogP contribution in [0.3, 0.4) is 0 Å². The first-order valence-electron chi connectivity index (χ1n) is 4.23. The van der Waals surface area contributed by atoms with E-state index >= 15 is 0 Å². The van der Waals surface area contributed by atoms with Crippen molar-refractivity contribution in [3.05, 3.63) is 60.8 Å². The van der Waals surface area contributed by atoms with Crippen molar-refractivity contribution in [2.45, 2.75) is 12.8 Å². The molecule has 0 fully saturated rings. The van der Waals surface area contributed by atoms with Gasteiger partial charge in [0.25, 0.3) is 0 Å². The third-order valence-corrected chi connectivity index (χ3v) is 1.49.